The fourth-order valence-electron chi connectivity index (χ4n) is 1.85. The number of hydrogen-bond donors (Lipinski definition) is 0. The van der Waals surface area contributed by atoms with E-state index in [1.54, 1.807) is 0 Å². The maximum absolute atomic E-state index is 3.80. The molecule has 1 atom stereocenters. The number of halogens is 1. The molecule has 0 radical (unpaired) electrons. The summed E-state index contributed by atoms with van der Waals surface area (Å²) in [5.41, 5.74) is 3.38. The summed E-state index contributed by atoms with van der Waals surface area (Å²) < 4.78 is 0. The van der Waals surface area contributed by atoms with Crippen LogP contribution in [0.3, 0.4) is 0 Å². The third-order valence-corrected chi connectivity index (χ3v) is 3.78. The highest BCUT2D eigenvalue weighted by molar-refractivity contribution is 9.09. The summed E-state index contributed by atoms with van der Waals surface area (Å²) in [5, 5.41) is 0. The fraction of sp³-hybridized carbons (Fsp3) is 0.625. The first-order valence-corrected chi connectivity index (χ1v) is 7.26. The van der Waals surface area contributed by atoms with Gasteiger partial charge in [-0.3, -0.25) is 0 Å². The highest BCUT2D eigenvalue weighted by atomic mass is 79.9. The maximum Gasteiger partial charge on any atom is 0.0400 e. The molecule has 1 rings (SSSR count). The van der Waals surface area contributed by atoms with E-state index in [1.807, 2.05) is 0 Å². The molecule has 1 aromatic carbocycles. The van der Waals surface area contributed by atoms with Crippen LogP contribution in [-0.2, 0) is 5.41 Å². The van der Waals surface area contributed by atoms with Gasteiger partial charge >= 0.3 is 0 Å². The molecule has 0 aliphatic heterocycles. The van der Waals surface area contributed by atoms with E-state index in [-0.39, 0.29) is 5.41 Å². The van der Waals surface area contributed by atoms with E-state index in [2.05, 4.69) is 81.7 Å². The predicted octanol–water partition coefficient (Wildman–Crippen LogP) is 5.86. The van der Waals surface area contributed by atoms with Crippen molar-refractivity contribution in [3.63, 3.8) is 0 Å². The van der Waals surface area contributed by atoms with Crippen LogP contribution < -0.4 is 0 Å². The van der Waals surface area contributed by atoms with E-state index >= 15 is 0 Å². The Morgan fingerprint density at radius 1 is 0.941 bits per heavy atom. The van der Waals surface area contributed by atoms with Gasteiger partial charge in [0.1, 0.15) is 0 Å². The zero-order chi connectivity index (χ0) is 13.3. The third-order valence-electron chi connectivity index (χ3n) is 2.93. The quantitative estimate of drug-likeness (QED) is 0.600. The van der Waals surface area contributed by atoms with E-state index in [0.29, 0.717) is 10.2 Å². The van der Waals surface area contributed by atoms with Gasteiger partial charge in [-0.2, -0.15) is 0 Å². The standard InChI is InChI=1S/C16H25Br/c1-15(2,3)11-14(17)12-7-9-13(10-8-12)16(4,5)6/h7-10,14H,11H2,1-6H3. The molecule has 96 valence electrons. The van der Waals surface area contributed by atoms with Crippen molar-refractivity contribution in [1.82, 2.24) is 0 Å². The first kappa shape index (κ1) is 14.8. The van der Waals surface area contributed by atoms with E-state index < -0.39 is 0 Å². The molecule has 0 heterocycles. The summed E-state index contributed by atoms with van der Waals surface area (Å²) in [6, 6.07) is 9.02. The van der Waals surface area contributed by atoms with Gasteiger partial charge in [0, 0.05) is 4.83 Å². The Bertz CT molecular complexity index is 349. The van der Waals surface area contributed by atoms with Crippen LogP contribution in [0.25, 0.3) is 0 Å². The highest BCUT2D eigenvalue weighted by Gasteiger charge is 2.19. The molecule has 0 amide bonds. The monoisotopic (exact) mass is 296 g/mol. The average molecular weight is 297 g/mol. The number of rotatable bonds is 2. The first-order chi connectivity index (χ1) is 7.59. The van der Waals surface area contributed by atoms with E-state index in [9.17, 15) is 0 Å². The predicted molar refractivity (Wildman–Crippen MR) is 80.9 cm³/mol. The van der Waals surface area contributed by atoms with Gasteiger partial charge in [0.2, 0.25) is 0 Å². The minimum Gasteiger partial charge on any atom is -0.0839 e. The average Bonchev–Trinajstić information content (AvgIpc) is 2.14. The lowest BCUT2D eigenvalue weighted by atomic mass is 9.85. The number of benzene rings is 1. The van der Waals surface area contributed by atoms with Crippen molar-refractivity contribution >= 4 is 15.9 Å². The molecule has 0 bridgehead atoms. The molecule has 17 heavy (non-hydrogen) atoms. The molecule has 0 saturated heterocycles. The molecule has 0 aliphatic carbocycles. The van der Waals surface area contributed by atoms with Crippen LogP contribution in [0.2, 0.25) is 0 Å². The minimum absolute atomic E-state index is 0.240. The number of hydrogen-bond acceptors (Lipinski definition) is 0. The lowest BCUT2D eigenvalue weighted by Crippen LogP contribution is -2.11. The largest absolute Gasteiger partial charge is 0.0839 e. The lowest BCUT2D eigenvalue weighted by Gasteiger charge is -2.23. The Balaban J connectivity index is 2.81. The smallest absolute Gasteiger partial charge is 0.0400 e. The van der Waals surface area contributed by atoms with Crippen LogP contribution in [0.5, 0.6) is 0 Å². The molecule has 0 nitrogen and oxygen atoms in total. The van der Waals surface area contributed by atoms with Crippen molar-refractivity contribution in [3.05, 3.63) is 35.4 Å². The number of alkyl halides is 1. The molecule has 0 spiro atoms. The fourth-order valence-corrected chi connectivity index (χ4v) is 3.12. The minimum atomic E-state index is 0.240. The van der Waals surface area contributed by atoms with Crippen molar-refractivity contribution < 1.29 is 0 Å². The van der Waals surface area contributed by atoms with Crippen molar-refractivity contribution in [1.29, 1.82) is 0 Å². The van der Waals surface area contributed by atoms with Gasteiger partial charge in [0.15, 0.2) is 0 Å². The van der Waals surface area contributed by atoms with Crippen LogP contribution in [0.4, 0.5) is 0 Å². The Kier molecular flexibility index (Phi) is 4.46. The van der Waals surface area contributed by atoms with Gasteiger partial charge in [-0.15, -0.1) is 0 Å². The summed E-state index contributed by atoms with van der Waals surface area (Å²) in [6.45, 7) is 13.6. The van der Waals surface area contributed by atoms with Gasteiger partial charge in [0.25, 0.3) is 0 Å². The molecule has 0 fully saturated rings. The molecule has 0 saturated carbocycles. The second kappa shape index (κ2) is 5.14. The Hall–Kier alpha value is -0.300. The summed E-state index contributed by atoms with van der Waals surface area (Å²) in [6.07, 6.45) is 1.15. The van der Waals surface area contributed by atoms with E-state index in [4.69, 9.17) is 0 Å². The topological polar surface area (TPSA) is 0 Å². The zero-order valence-corrected chi connectivity index (χ0v) is 13.6. The Morgan fingerprint density at radius 3 is 1.76 bits per heavy atom. The van der Waals surface area contributed by atoms with Gasteiger partial charge in [-0.05, 0) is 28.4 Å². The SMILES string of the molecule is CC(C)(C)CC(Br)c1ccc(C(C)(C)C)cc1. The van der Waals surface area contributed by atoms with Crippen LogP contribution in [0, 0.1) is 5.41 Å². The normalized spacial score (nSPS) is 14.8. The molecule has 0 aliphatic rings. The van der Waals surface area contributed by atoms with E-state index in [0.717, 1.165) is 6.42 Å². The van der Waals surface area contributed by atoms with Gasteiger partial charge in [-0.1, -0.05) is 81.7 Å². The summed E-state index contributed by atoms with van der Waals surface area (Å²) in [5.74, 6) is 0. The Morgan fingerprint density at radius 2 is 1.41 bits per heavy atom. The summed E-state index contributed by atoms with van der Waals surface area (Å²) in [7, 11) is 0. The Labute approximate surface area is 115 Å². The molecule has 1 unspecified atom stereocenters. The zero-order valence-electron chi connectivity index (χ0n) is 12.0. The van der Waals surface area contributed by atoms with Crippen molar-refractivity contribution in [3.8, 4) is 0 Å². The second-order valence-corrected chi connectivity index (χ2v) is 8.21. The van der Waals surface area contributed by atoms with Gasteiger partial charge in [-0.25, -0.2) is 0 Å². The van der Waals surface area contributed by atoms with Crippen LogP contribution >= 0.6 is 15.9 Å². The van der Waals surface area contributed by atoms with Crippen molar-refractivity contribution in [2.24, 2.45) is 5.41 Å². The lowest BCUT2D eigenvalue weighted by molar-refractivity contribution is 0.377. The molecule has 0 N–H and O–H groups in total. The first-order valence-electron chi connectivity index (χ1n) is 6.34. The van der Waals surface area contributed by atoms with Crippen molar-refractivity contribution in [2.75, 3.05) is 0 Å². The highest BCUT2D eigenvalue weighted by Crippen LogP contribution is 2.36. The third kappa shape index (κ3) is 4.83. The molecular formula is C16H25Br. The second-order valence-electron chi connectivity index (χ2n) is 7.10. The molecule has 0 aromatic heterocycles. The molecular weight excluding hydrogens is 272 g/mol. The van der Waals surface area contributed by atoms with Crippen LogP contribution in [-0.4, -0.2) is 0 Å². The van der Waals surface area contributed by atoms with Crippen LogP contribution in [0.15, 0.2) is 24.3 Å². The molecule has 1 aromatic rings. The maximum atomic E-state index is 3.80. The van der Waals surface area contributed by atoms with Gasteiger partial charge in [0.05, 0.1) is 0 Å². The van der Waals surface area contributed by atoms with E-state index in [1.165, 1.54) is 11.1 Å². The molecule has 1 heteroatoms. The van der Waals surface area contributed by atoms with Gasteiger partial charge < -0.3 is 0 Å². The summed E-state index contributed by atoms with van der Waals surface area (Å²) in [4.78, 5) is 0.455. The van der Waals surface area contributed by atoms with Crippen LogP contribution in [0.1, 0.15) is 63.9 Å². The van der Waals surface area contributed by atoms with Crippen molar-refractivity contribution in [2.45, 2.75) is 58.2 Å². The summed E-state index contributed by atoms with van der Waals surface area (Å²) >= 11 is 3.80.